The molecule has 0 saturated heterocycles. The van der Waals surface area contributed by atoms with Crippen LogP contribution in [0.4, 0.5) is 0 Å². The monoisotopic (exact) mass is 264 g/mol. The van der Waals surface area contributed by atoms with E-state index in [1.165, 1.54) is 4.88 Å². The molecule has 1 atom stereocenters. The van der Waals surface area contributed by atoms with Crippen molar-refractivity contribution in [2.75, 3.05) is 6.54 Å². The third-order valence-electron chi connectivity index (χ3n) is 2.89. The Morgan fingerprint density at radius 1 is 1.50 bits per heavy atom. The molecule has 5 heteroatoms. The predicted molar refractivity (Wildman–Crippen MR) is 75.6 cm³/mol. The van der Waals surface area contributed by atoms with Crippen LogP contribution >= 0.6 is 11.3 Å². The van der Waals surface area contributed by atoms with E-state index in [0.717, 1.165) is 12.1 Å². The molecule has 2 heterocycles. The highest BCUT2D eigenvalue weighted by Gasteiger charge is 2.12. The van der Waals surface area contributed by atoms with Gasteiger partial charge in [-0.05, 0) is 25.3 Å². The van der Waals surface area contributed by atoms with Crippen LogP contribution in [0.1, 0.15) is 36.4 Å². The molecule has 0 radical (unpaired) electrons. The van der Waals surface area contributed by atoms with E-state index in [4.69, 9.17) is 5.73 Å². The normalized spacial score (nSPS) is 13.1. The fraction of sp³-hybridized carbons (Fsp3) is 0.462. The molecule has 0 bridgehead atoms. The molecule has 0 aliphatic heterocycles. The molecule has 3 N–H and O–H groups in total. The summed E-state index contributed by atoms with van der Waals surface area (Å²) >= 11 is 1.76. The van der Waals surface area contributed by atoms with Gasteiger partial charge in [0.1, 0.15) is 0 Å². The first kappa shape index (κ1) is 13.3. The lowest BCUT2D eigenvalue weighted by molar-refractivity contribution is 0.524. The van der Waals surface area contributed by atoms with Crippen LogP contribution in [0.5, 0.6) is 0 Å². The second-order valence-electron chi connectivity index (χ2n) is 4.60. The quantitative estimate of drug-likeness (QED) is 0.842. The fourth-order valence-electron chi connectivity index (χ4n) is 1.79. The van der Waals surface area contributed by atoms with Crippen molar-refractivity contribution in [3.05, 3.63) is 40.3 Å². The van der Waals surface area contributed by atoms with Gasteiger partial charge < -0.3 is 11.1 Å². The molecule has 2 aromatic rings. The fourth-order valence-corrected chi connectivity index (χ4v) is 2.45. The summed E-state index contributed by atoms with van der Waals surface area (Å²) < 4.78 is 1.96. The summed E-state index contributed by atoms with van der Waals surface area (Å²) in [6, 6.07) is 4.74. The summed E-state index contributed by atoms with van der Waals surface area (Å²) in [6.45, 7) is 5.67. The van der Waals surface area contributed by atoms with Crippen molar-refractivity contribution in [1.29, 1.82) is 0 Å². The number of nitrogens with one attached hydrogen (secondary N) is 1. The Labute approximate surface area is 112 Å². The molecule has 2 aromatic heterocycles. The molecule has 0 aliphatic carbocycles. The largest absolute Gasteiger partial charge is 0.329 e. The van der Waals surface area contributed by atoms with Crippen LogP contribution in [0.15, 0.2) is 29.9 Å². The smallest absolute Gasteiger partial charge is 0.0538 e. The topological polar surface area (TPSA) is 55.9 Å². The highest BCUT2D eigenvalue weighted by Crippen LogP contribution is 2.15. The van der Waals surface area contributed by atoms with Crippen LogP contribution in [-0.4, -0.2) is 16.3 Å². The number of aromatic nitrogens is 2. The second-order valence-corrected chi connectivity index (χ2v) is 5.63. The lowest BCUT2D eigenvalue weighted by Gasteiger charge is -2.14. The zero-order valence-electron chi connectivity index (χ0n) is 10.8. The van der Waals surface area contributed by atoms with E-state index in [1.54, 1.807) is 11.3 Å². The molecular weight excluding hydrogens is 244 g/mol. The molecule has 0 amide bonds. The molecule has 0 fully saturated rings. The Balaban J connectivity index is 1.98. The van der Waals surface area contributed by atoms with Gasteiger partial charge in [0.25, 0.3) is 0 Å². The zero-order chi connectivity index (χ0) is 13.0. The molecule has 1 unspecified atom stereocenters. The van der Waals surface area contributed by atoms with Crippen molar-refractivity contribution in [3.63, 3.8) is 0 Å². The van der Waals surface area contributed by atoms with E-state index < -0.39 is 0 Å². The van der Waals surface area contributed by atoms with Gasteiger partial charge in [0.15, 0.2) is 0 Å². The average Bonchev–Trinajstić information content (AvgIpc) is 3.00. The molecule has 0 spiro atoms. The van der Waals surface area contributed by atoms with Crippen molar-refractivity contribution in [3.8, 4) is 0 Å². The number of hydrogen-bond donors (Lipinski definition) is 2. The number of nitrogens with two attached hydrogens (primary N) is 1. The number of thiophene rings is 1. The molecule has 2 rings (SSSR count). The van der Waals surface area contributed by atoms with Gasteiger partial charge in [0.05, 0.1) is 6.20 Å². The Morgan fingerprint density at radius 2 is 2.33 bits per heavy atom. The van der Waals surface area contributed by atoms with Crippen LogP contribution in [-0.2, 0) is 6.54 Å². The van der Waals surface area contributed by atoms with Gasteiger partial charge in [-0.2, -0.15) is 5.10 Å². The first-order valence-corrected chi connectivity index (χ1v) is 7.08. The Hall–Kier alpha value is -1.17. The molecule has 0 aromatic carbocycles. The zero-order valence-corrected chi connectivity index (χ0v) is 11.7. The van der Waals surface area contributed by atoms with Gasteiger partial charge in [0, 0.05) is 41.8 Å². The average molecular weight is 264 g/mol. The van der Waals surface area contributed by atoms with Crippen molar-refractivity contribution in [2.45, 2.75) is 32.5 Å². The van der Waals surface area contributed by atoms with Gasteiger partial charge in [-0.15, -0.1) is 11.3 Å². The minimum absolute atomic E-state index is 0.166. The van der Waals surface area contributed by atoms with E-state index in [-0.39, 0.29) is 6.04 Å². The molecule has 18 heavy (non-hydrogen) atoms. The third-order valence-corrected chi connectivity index (χ3v) is 3.77. The van der Waals surface area contributed by atoms with Crippen molar-refractivity contribution < 1.29 is 0 Å². The minimum atomic E-state index is 0.166. The summed E-state index contributed by atoms with van der Waals surface area (Å²) in [5, 5.41) is 9.91. The first-order chi connectivity index (χ1) is 8.70. The minimum Gasteiger partial charge on any atom is -0.329 e. The van der Waals surface area contributed by atoms with E-state index in [0.29, 0.717) is 12.6 Å². The molecule has 98 valence electrons. The Bertz CT molecular complexity index is 461. The maximum atomic E-state index is 5.83. The van der Waals surface area contributed by atoms with Crippen molar-refractivity contribution in [2.24, 2.45) is 5.73 Å². The number of nitrogens with zero attached hydrogens (tertiary/aromatic N) is 2. The summed E-state index contributed by atoms with van der Waals surface area (Å²) in [5.41, 5.74) is 6.99. The molecule has 0 saturated carbocycles. The van der Waals surface area contributed by atoms with Gasteiger partial charge >= 0.3 is 0 Å². The van der Waals surface area contributed by atoms with Crippen LogP contribution < -0.4 is 11.1 Å². The molecular formula is C13H20N4S. The van der Waals surface area contributed by atoms with Crippen LogP contribution in [0.2, 0.25) is 0 Å². The van der Waals surface area contributed by atoms with Crippen LogP contribution in [0.3, 0.4) is 0 Å². The standard InChI is InChI=1S/C13H20N4S/c1-10(2)17-9-11(7-16-17)13(6-14)15-8-12-4-3-5-18-12/h3-5,7,9-10,13,15H,6,8,14H2,1-2H3. The SMILES string of the molecule is CC(C)n1cc(C(CN)NCc2cccs2)cn1. The van der Waals surface area contributed by atoms with Crippen LogP contribution in [0.25, 0.3) is 0 Å². The number of hydrogen-bond acceptors (Lipinski definition) is 4. The summed E-state index contributed by atoms with van der Waals surface area (Å²) in [7, 11) is 0. The molecule has 4 nitrogen and oxygen atoms in total. The summed E-state index contributed by atoms with van der Waals surface area (Å²) in [5.74, 6) is 0. The van der Waals surface area contributed by atoms with Crippen LogP contribution in [0, 0.1) is 0 Å². The summed E-state index contributed by atoms with van der Waals surface area (Å²) in [6.07, 6.45) is 3.97. The van der Waals surface area contributed by atoms with E-state index in [1.807, 2.05) is 10.9 Å². The van der Waals surface area contributed by atoms with E-state index in [2.05, 4.69) is 48.0 Å². The van der Waals surface area contributed by atoms with Crippen molar-refractivity contribution >= 4 is 11.3 Å². The third kappa shape index (κ3) is 3.19. The lowest BCUT2D eigenvalue weighted by atomic mass is 10.1. The van der Waals surface area contributed by atoms with Crippen molar-refractivity contribution in [1.82, 2.24) is 15.1 Å². The Morgan fingerprint density at radius 3 is 2.89 bits per heavy atom. The van der Waals surface area contributed by atoms with Gasteiger partial charge in [0.2, 0.25) is 0 Å². The second kappa shape index (κ2) is 6.13. The van der Waals surface area contributed by atoms with Gasteiger partial charge in [-0.3, -0.25) is 4.68 Å². The van der Waals surface area contributed by atoms with E-state index >= 15 is 0 Å². The maximum absolute atomic E-state index is 5.83. The van der Waals surface area contributed by atoms with Gasteiger partial charge in [-0.25, -0.2) is 0 Å². The Kier molecular flexibility index (Phi) is 4.52. The maximum Gasteiger partial charge on any atom is 0.0538 e. The number of rotatable bonds is 6. The highest BCUT2D eigenvalue weighted by molar-refractivity contribution is 7.09. The highest BCUT2D eigenvalue weighted by atomic mass is 32.1. The van der Waals surface area contributed by atoms with Gasteiger partial charge in [-0.1, -0.05) is 6.07 Å². The summed E-state index contributed by atoms with van der Waals surface area (Å²) in [4.78, 5) is 1.32. The van der Waals surface area contributed by atoms with E-state index in [9.17, 15) is 0 Å². The predicted octanol–water partition coefficient (Wildman–Crippen LogP) is 2.32. The molecule has 0 aliphatic rings. The lowest BCUT2D eigenvalue weighted by Crippen LogP contribution is -2.27. The first-order valence-electron chi connectivity index (χ1n) is 6.20.